The standard InChI is InChI=1S/C27H44O9/c1-12(28)15-4-5-16-14-11-19(29)18-10-13(6-8-27(18,3)17(14)7-9-26(15,16)2)35-25-22(32)20(30)21(31)23(36-25)24(33)34/h12-23,25,28-32H,4-11H2,1-3H3,(H,33,34)/t12-,13-,14-,15+,16-,17-,18+,19-,20-,21-,22+,23-,25?,26+,27+/m0/s1. The number of hydrogen-bond donors (Lipinski definition) is 6. The molecule has 15 atom stereocenters. The van der Waals surface area contributed by atoms with Crippen molar-refractivity contribution in [1.29, 1.82) is 0 Å². The molecule has 1 aliphatic heterocycles. The fourth-order valence-corrected chi connectivity index (χ4v) is 9.57. The Morgan fingerprint density at radius 2 is 1.56 bits per heavy atom. The summed E-state index contributed by atoms with van der Waals surface area (Å²) in [6, 6.07) is 0. The molecule has 4 saturated carbocycles. The van der Waals surface area contributed by atoms with Crippen molar-refractivity contribution in [2.45, 2.75) is 121 Å². The number of aliphatic carboxylic acids is 1. The third-order valence-corrected chi connectivity index (χ3v) is 11.4. The van der Waals surface area contributed by atoms with Gasteiger partial charge in [0, 0.05) is 0 Å². The van der Waals surface area contributed by atoms with Gasteiger partial charge in [-0.05, 0) is 98.7 Å². The van der Waals surface area contributed by atoms with E-state index in [2.05, 4.69) is 13.8 Å². The minimum absolute atomic E-state index is 0.0161. The molecule has 9 heteroatoms. The van der Waals surface area contributed by atoms with Crippen LogP contribution in [-0.4, -0.2) is 85.6 Å². The minimum Gasteiger partial charge on any atom is -0.479 e. The number of hydrogen-bond acceptors (Lipinski definition) is 8. The average Bonchev–Trinajstić information content (AvgIpc) is 3.17. The van der Waals surface area contributed by atoms with E-state index in [1.807, 2.05) is 6.92 Å². The molecule has 1 saturated heterocycles. The van der Waals surface area contributed by atoms with Gasteiger partial charge in [0.15, 0.2) is 12.4 Å². The molecule has 0 bridgehead atoms. The van der Waals surface area contributed by atoms with Crippen LogP contribution in [0.2, 0.25) is 0 Å². The van der Waals surface area contributed by atoms with E-state index < -0.39 is 42.8 Å². The van der Waals surface area contributed by atoms with Crippen molar-refractivity contribution < 1.29 is 44.9 Å². The lowest BCUT2D eigenvalue weighted by Crippen LogP contribution is -2.62. The van der Waals surface area contributed by atoms with Gasteiger partial charge in [0.2, 0.25) is 0 Å². The number of rotatable bonds is 4. The van der Waals surface area contributed by atoms with Gasteiger partial charge in [-0.3, -0.25) is 0 Å². The number of carbonyl (C=O) groups is 1. The zero-order valence-corrected chi connectivity index (χ0v) is 21.6. The van der Waals surface area contributed by atoms with Crippen molar-refractivity contribution in [3.05, 3.63) is 0 Å². The fourth-order valence-electron chi connectivity index (χ4n) is 9.57. The predicted octanol–water partition coefficient (Wildman–Crippen LogP) is 1.27. The molecular formula is C27H44O9. The van der Waals surface area contributed by atoms with E-state index in [9.17, 15) is 35.4 Å². The van der Waals surface area contributed by atoms with Gasteiger partial charge in [-0.25, -0.2) is 4.79 Å². The highest BCUT2D eigenvalue weighted by Crippen LogP contribution is 2.67. The molecule has 5 fully saturated rings. The van der Waals surface area contributed by atoms with Crippen LogP contribution in [0.15, 0.2) is 0 Å². The van der Waals surface area contributed by atoms with Crippen molar-refractivity contribution in [3.8, 4) is 0 Å². The summed E-state index contributed by atoms with van der Waals surface area (Å²) >= 11 is 0. The fraction of sp³-hybridized carbons (Fsp3) is 0.963. The Hall–Kier alpha value is -0.810. The SMILES string of the molecule is C[C@H](O)[C@H]1CC[C@H]2[C@@H]3C[C@H](O)[C@H]4C[C@@H](OC5O[C@H](C(=O)O)[C@@H](O)[C@H](O)[C@H]5O)CC[C@]4(C)[C@H]3CC[C@]12C. The van der Waals surface area contributed by atoms with Crippen LogP contribution < -0.4 is 0 Å². The Labute approximate surface area is 212 Å². The van der Waals surface area contributed by atoms with Crippen molar-refractivity contribution in [2.24, 2.45) is 40.4 Å². The third kappa shape index (κ3) is 4.05. The normalized spacial score (nSPS) is 55.8. The summed E-state index contributed by atoms with van der Waals surface area (Å²) < 4.78 is 11.3. The maximum absolute atomic E-state index is 11.4. The molecule has 1 heterocycles. The molecule has 9 nitrogen and oxygen atoms in total. The molecule has 36 heavy (non-hydrogen) atoms. The van der Waals surface area contributed by atoms with Crippen LogP contribution in [0.25, 0.3) is 0 Å². The molecule has 0 spiro atoms. The molecule has 1 unspecified atom stereocenters. The number of carboxylic acid groups (broad SMARTS) is 1. The van der Waals surface area contributed by atoms with Crippen LogP contribution in [0.3, 0.4) is 0 Å². The Kier molecular flexibility index (Phi) is 7.02. The van der Waals surface area contributed by atoms with E-state index in [1.165, 1.54) is 0 Å². The highest BCUT2D eigenvalue weighted by Gasteiger charge is 2.62. The van der Waals surface area contributed by atoms with Gasteiger partial charge in [0.1, 0.15) is 18.3 Å². The number of aliphatic hydroxyl groups is 5. The maximum atomic E-state index is 11.4. The van der Waals surface area contributed by atoms with Gasteiger partial charge in [0.25, 0.3) is 0 Å². The number of ether oxygens (including phenoxy) is 2. The first-order chi connectivity index (χ1) is 16.9. The van der Waals surface area contributed by atoms with E-state index in [1.54, 1.807) is 0 Å². The van der Waals surface area contributed by atoms with Crippen LogP contribution in [0, 0.1) is 40.4 Å². The van der Waals surface area contributed by atoms with E-state index in [0.717, 1.165) is 38.5 Å². The first-order valence-electron chi connectivity index (χ1n) is 13.8. The van der Waals surface area contributed by atoms with Crippen LogP contribution >= 0.6 is 0 Å². The topological polar surface area (TPSA) is 157 Å². The smallest absolute Gasteiger partial charge is 0.335 e. The monoisotopic (exact) mass is 512 g/mol. The van der Waals surface area contributed by atoms with E-state index >= 15 is 0 Å². The lowest BCUT2D eigenvalue weighted by atomic mass is 9.44. The molecule has 206 valence electrons. The Bertz CT molecular complexity index is 836. The van der Waals surface area contributed by atoms with Crippen molar-refractivity contribution in [3.63, 3.8) is 0 Å². The van der Waals surface area contributed by atoms with Crippen LogP contribution in [0.1, 0.15) is 72.1 Å². The first-order valence-corrected chi connectivity index (χ1v) is 13.8. The molecular weight excluding hydrogens is 468 g/mol. The number of fused-ring (bicyclic) bond motifs is 5. The lowest BCUT2D eigenvalue weighted by molar-refractivity contribution is -0.311. The summed E-state index contributed by atoms with van der Waals surface area (Å²) in [6.45, 7) is 6.59. The van der Waals surface area contributed by atoms with Gasteiger partial charge in [-0.1, -0.05) is 13.8 Å². The highest BCUT2D eigenvalue weighted by atomic mass is 16.7. The summed E-state index contributed by atoms with van der Waals surface area (Å²) in [4.78, 5) is 11.4. The number of carboxylic acids is 1. The van der Waals surface area contributed by atoms with Gasteiger partial charge in [-0.15, -0.1) is 0 Å². The van der Waals surface area contributed by atoms with Gasteiger partial charge in [0.05, 0.1) is 18.3 Å². The quantitative estimate of drug-likeness (QED) is 0.305. The van der Waals surface area contributed by atoms with Crippen LogP contribution in [-0.2, 0) is 14.3 Å². The molecule has 0 amide bonds. The number of aliphatic hydroxyl groups excluding tert-OH is 5. The zero-order valence-electron chi connectivity index (χ0n) is 21.6. The predicted molar refractivity (Wildman–Crippen MR) is 127 cm³/mol. The molecule has 4 aliphatic carbocycles. The average molecular weight is 513 g/mol. The lowest BCUT2D eigenvalue weighted by Gasteiger charge is -2.62. The van der Waals surface area contributed by atoms with E-state index in [4.69, 9.17) is 9.47 Å². The summed E-state index contributed by atoms with van der Waals surface area (Å²) in [5.74, 6) is 0.369. The van der Waals surface area contributed by atoms with Gasteiger partial charge < -0.3 is 40.1 Å². The van der Waals surface area contributed by atoms with Crippen LogP contribution in [0.4, 0.5) is 0 Å². The minimum atomic E-state index is -1.75. The van der Waals surface area contributed by atoms with Crippen molar-refractivity contribution >= 4 is 5.97 Å². The second kappa shape index (κ2) is 9.43. The third-order valence-electron chi connectivity index (χ3n) is 11.4. The molecule has 0 aromatic rings. The Morgan fingerprint density at radius 1 is 0.889 bits per heavy atom. The molecule has 0 radical (unpaired) electrons. The second-order valence-electron chi connectivity index (χ2n) is 13.0. The summed E-state index contributed by atoms with van der Waals surface area (Å²) in [5, 5.41) is 61.6. The van der Waals surface area contributed by atoms with Gasteiger partial charge >= 0.3 is 5.97 Å². The molecule has 0 aromatic carbocycles. The highest BCUT2D eigenvalue weighted by molar-refractivity contribution is 5.73. The summed E-state index contributed by atoms with van der Waals surface area (Å²) in [6.07, 6.45) is -1.97. The Balaban J connectivity index is 1.29. The van der Waals surface area contributed by atoms with Crippen molar-refractivity contribution in [1.82, 2.24) is 0 Å². The summed E-state index contributed by atoms with van der Waals surface area (Å²) in [5.41, 5.74) is 0.0802. The maximum Gasteiger partial charge on any atom is 0.335 e. The van der Waals surface area contributed by atoms with Gasteiger partial charge in [-0.2, -0.15) is 0 Å². The molecule has 6 N–H and O–H groups in total. The largest absolute Gasteiger partial charge is 0.479 e. The zero-order chi connectivity index (χ0) is 26.2. The van der Waals surface area contributed by atoms with Crippen LogP contribution in [0.5, 0.6) is 0 Å². The second-order valence-corrected chi connectivity index (χ2v) is 13.0. The molecule has 5 aliphatic rings. The van der Waals surface area contributed by atoms with Crippen molar-refractivity contribution in [2.75, 3.05) is 0 Å². The molecule has 0 aromatic heterocycles. The van der Waals surface area contributed by atoms with E-state index in [0.29, 0.717) is 36.5 Å². The Morgan fingerprint density at radius 3 is 2.22 bits per heavy atom. The first kappa shape index (κ1) is 26.8. The molecule has 5 rings (SSSR count). The van der Waals surface area contributed by atoms with E-state index in [-0.39, 0.29) is 29.0 Å². The summed E-state index contributed by atoms with van der Waals surface area (Å²) in [7, 11) is 0.